The molecule has 0 aliphatic carbocycles. The van der Waals surface area contributed by atoms with Crippen molar-refractivity contribution in [1.29, 1.82) is 0 Å². The molecule has 0 amide bonds. The molecule has 1 rings (SSSR count). The van der Waals surface area contributed by atoms with Crippen LogP contribution in [-0.2, 0) is 0 Å². The molecule has 0 aromatic heterocycles. The summed E-state index contributed by atoms with van der Waals surface area (Å²) < 4.78 is 0. The second kappa shape index (κ2) is 7.10. The minimum absolute atomic E-state index is 0.728. The summed E-state index contributed by atoms with van der Waals surface area (Å²) in [6, 6.07) is 3.78. The molecule has 96 valence electrons. The molecule has 0 fully saturated rings. The van der Waals surface area contributed by atoms with Gasteiger partial charge >= 0.3 is 0 Å². The maximum Gasteiger partial charge on any atom is 0.0641 e. The fourth-order valence-corrected chi connectivity index (χ4v) is 2.12. The first-order valence-electron chi connectivity index (χ1n) is 6.00. The number of nitrogens with one attached hydrogen (secondary N) is 1. The van der Waals surface area contributed by atoms with Crippen LogP contribution < -0.4 is 5.32 Å². The Morgan fingerprint density at radius 2 is 1.76 bits per heavy atom. The van der Waals surface area contributed by atoms with Crippen molar-refractivity contribution in [2.45, 2.75) is 20.8 Å². The average molecular weight is 275 g/mol. The molecular formula is C13H20Cl2N2. The summed E-state index contributed by atoms with van der Waals surface area (Å²) in [7, 11) is 0. The Morgan fingerprint density at radius 3 is 2.35 bits per heavy atom. The van der Waals surface area contributed by atoms with Crippen LogP contribution in [0, 0.1) is 6.92 Å². The van der Waals surface area contributed by atoms with Crippen LogP contribution >= 0.6 is 23.2 Å². The Labute approximate surface area is 114 Å². The van der Waals surface area contributed by atoms with Gasteiger partial charge in [0.2, 0.25) is 0 Å². The summed E-state index contributed by atoms with van der Waals surface area (Å²) in [6.45, 7) is 10.3. The van der Waals surface area contributed by atoms with Crippen molar-refractivity contribution in [2.75, 3.05) is 31.5 Å². The SMILES string of the molecule is CCN(CC)CCNc1cc(Cl)c(C)cc1Cl. The van der Waals surface area contributed by atoms with Gasteiger partial charge in [-0.15, -0.1) is 0 Å². The van der Waals surface area contributed by atoms with E-state index in [1.165, 1.54) is 0 Å². The quantitative estimate of drug-likeness (QED) is 0.842. The molecule has 0 aliphatic rings. The summed E-state index contributed by atoms with van der Waals surface area (Å²) in [5, 5.41) is 4.80. The van der Waals surface area contributed by atoms with E-state index in [2.05, 4.69) is 24.1 Å². The van der Waals surface area contributed by atoms with Crippen molar-refractivity contribution in [3.05, 3.63) is 27.7 Å². The van der Waals surface area contributed by atoms with Gasteiger partial charge in [0, 0.05) is 18.1 Å². The third-order valence-electron chi connectivity index (χ3n) is 2.89. The summed E-state index contributed by atoms with van der Waals surface area (Å²) in [6.07, 6.45) is 0. The lowest BCUT2D eigenvalue weighted by molar-refractivity contribution is 0.316. The molecule has 0 heterocycles. The van der Waals surface area contributed by atoms with Crippen molar-refractivity contribution in [1.82, 2.24) is 4.90 Å². The number of benzene rings is 1. The van der Waals surface area contributed by atoms with Crippen LogP contribution in [0.1, 0.15) is 19.4 Å². The number of likely N-dealkylation sites (N-methyl/N-ethyl adjacent to an activating group) is 1. The van der Waals surface area contributed by atoms with Crippen LogP contribution in [0.4, 0.5) is 5.69 Å². The summed E-state index contributed by atoms with van der Waals surface area (Å²) >= 11 is 12.2. The molecule has 1 N–H and O–H groups in total. The van der Waals surface area contributed by atoms with Crippen LogP contribution in [0.15, 0.2) is 12.1 Å². The topological polar surface area (TPSA) is 15.3 Å². The molecule has 1 aromatic carbocycles. The Kier molecular flexibility index (Phi) is 6.10. The van der Waals surface area contributed by atoms with Crippen molar-refractivity contribution >= 4 is 28.9 Å². The zero-order chi connectivity index (χ0) is 12.8. The number of rotatable bonds is 6. The van der Waals surface area contributed by atoms with Crippen LogP contribution in [-0.4, -0.2) is 31.1 Å². The molecule has 0 bridgehead atoms. The second-order valence-electron chi connectivity index (χ2n) is 4.03. The normalized spacial score (nSPS) is 10.9. The maximum atomic E-state index is 6.15. The maximum absolute atomic E-state index is 6.15. The van der Waals surface area contributed by atoms with E-state index in [1.54, 1.807) is 0 Å². The molecule has 0 spiro atoms. The first-order chi connectivity index (χ1) is 8.08. The fourth-order valence-electron chi connectivity index (χ4n) is 1.67. The largest absolute Gasteiger partial charge is 0.383 e. The van der Waals surface area contributed by atoms with Crippen molar-refractivity contribution in [3.8, 4) is 0 Å². The van der Waals surface area contributed by atoms with Gasteiger partial charge in [-0.1, -0.05) is 37.0 Å². The van der Waals surface area contributed by atoms with Gasteiger partial charge < -0.3 is 10.2 Å². The Balaban J connectivity index is 2.55. The third kappa shape index (κ3) is 4.38. The highest BCUT2D eigenvalue weighted by molar-refractivity contribution is 6.35. The number of halogens is 2. The monoisotopic (exact) mass is 274 g/mol. The van der Waals surface area contributed by atoms with Crippen molar-refractivity contribution < 1.29 is 0 Å². The zero-order valence-corrected chi connectivity index (χ0v) is 12.2. The number of anilines is 1. The highest BCUT2D eigenvalue weighted by atomic mass is 35.5. The number of aryl methyl sites for hydroxylation is 1. The van der Waals surface area contributed by atoms with E-state index in [4.69, 9.17) is 23.2 Å². The molecule has 0 atom stereocenters. The highest BCUT2D eigenvalue weighted by Gasteiger charge is 2.05. The van der Waals surface area contributed by atoms with E-state index in [0.29, 0.717) is 0 Å². The van der Waals surface area contributed by atoms with Gasteiger partial charge in [0.1, 0.15) is 0 Å². The molecule has 0 unspecified atom stereocenters. The smallest absolute Gasteiger partial charge is 0.0641 e. The molecule has 0 saturated heterocycles. The summed E-state index contributed by atoms with van der Waals surface area (Å²) in [5.74, 6) is 0. The fraction of sp³-hybridized carbons (Fsp3) is 0.538. The average Bonchev–Trinajstić information content (AvgIpc) is 2.31. The molecular weight excluding hydrogens is 255 g/mol. The minimum Gasteiger partial charge on any atom is -0.383 e. The number of nitrogens with zero attached hydrogens (tertiary/aromatic N) is 1. The lowest BCUT2D eigenvalue weighted by Gasteiger charge is -2.19. The van der Waals surface area contributed by atoms with Gasteiger partial charge in [-0.3, -0.25) is 0 Å². The van der Waals surface area contributed by atoms with Crippen molar-refractivity contribution in [3.63, 3.8) is 0 Å². The van der Waals surface area contributed by atoms with E-state index in [-0.39, 0.29) is 0 Å². The van der Waals surface area contributed by atoms with Crippen molar-refractivity contribution in [2.24, 2.45) is 0 Å². The van der Waals surface area contributed by atoms with Gasteiger partial charge in [0.05, 0.1) is 10.7 Å². The first-order valence-corrected chi connectivity index (χ1v) is 6.76. The van der Waals surface area contributed by atoms with Crippen LogP contribution in [0.3, 0.4) is 0 Å². The lowest BCUT2D eigenvalue weighted by Crippen LogP contribution is -2.28. The minimum atomic E-state index is 0.728. The highest BCUT2D eigenvalue weighted by Crippen LogP contribution is 2.28. The van der Waals surface area contributed by atoms with Crippen LogP contribution in [0.2, 0.25) is 10.0 Å². The Hall–Kier alpha value is -0.440. The molecule has 0 radical (unpaired) electrons. The lowest BCUT2D eigenvalue weighted by atomic mass is 10.2. The van der Waals surface area contributed by atoms with Crippen LogP contribution in [0.5, 0.6) is 0 Å². The Bertz CT molecular complexity index is 363. The van der Waals surface area contributed by atoms with E-state index in [0.717, 1.165) is 47.5 Å². The predicted molar refractivity (Wildman–Crippen MR) is 77.5 cm³/mol. The Morgan fingerprint density at radius 1 is 1.12 bits per heavy atom. The molecule has 17 heavy (non-hydrogen) atoms. The molecule has 2 nitrogen and oxygen atoms in total. The first kappa shape index (κ1) is 14.6. The van der Waals surface area contributed by atoms with Gasteiger partial charge in [-0.05, 0) is 37.7 Å². The van der Waals surface area contributed by atoms with Gasteiger partial charge in [-0.25, -0.2) is 0 Å². The number of hydrogen-bond acceptors (Lipinski definition) is 2. The molecule has 0 saturated carbocycles. The van der Waals surface area contributed by atoms with E-state index < -0.39 is 0 Å². The standard InChI is InChI=1S/C13H20Cl2N2/c1-4-17(5-2)7-6-16-13-9-11(14)10(3)8-12(13)15/h8-9,16H,4-7H2,1-3H3. The van der Waals surface area contributed by atoms with E-state index in [9.17, 15) is 0 Å². The summed E-state index contributed by atoms with van der Waals surface area (Å²) in [4.78, 5) is 2.36. The third-order valence-corrected chi connectivity index (χ3v) is 3.61. The van der Waals surface area contributed by atoms with Gasteiger partial charge in [-0.2, -0.15) is 0 Å². The number of hydrogen-bond donors (Lipinski definition) is 1. The molecule has 1 aromatic rings. The van der Waals surface area contributed by atoms with Crippen LogP contribution in [0.25, 0.3) is 0 Å². The van der Waals surface area contributed by atoms with Gasteiger partial charge in [0.15, 0.2) is 0 Å². The van der Waals surface area contributed by atoms with E-state index >= 15 is 0 Å². The zero-order valence-electron chi connectivity index (χ0n) is 10.7. The predicted octanol–water partition coefficient (Wildman–Crippen LogP) is 4.06. The second-order valence-corrected chi connectivity index (χ2v) is 4.85. The van der Waals surface area contributed by atoms with E-state index in [1.807, 2.05) is 19.1 Å². The molecule has 4 heteroatoms. The molecule has 0 aliphatic heterocycles. The summed E-state index contributed by atoms with van der Waals surface area (Å²) in [5.41, 5.74) is 1.92. The van der Waals surface area contributed by atoms with Gasteiger partial charge in [0.25, 0.3) is 0 Å².